The first kappa shape index (κ1) is 16.1. The Morgan fingerprint density at radius 1 is 1.13 bits per heavy atom. The van der Waals surface area contributed by atoms with Gasteiger partial charge in [0, 0.05) is 34.8 Å². The summed E-state index contributed by atoms with van der Waals surface area (Å²) in [7, 11) is 0. The molecule has 0 N–H and O–H groups in total. The Morgan fingerprint density at radius 2 is 1.87 bits per heavy atom. The van der Waals surface area contributed by atoms with Gasteiger partial charge in [0.15, 0.2) is 5.78 Å². The molecule has 0 aliphatic carbocycles. The molecule has 1 saturated heterocycles. The van der Waals surface area contributed by atoms with E-state index in [0.717, 1.165) is 53.6 Å². The van der Waals surface area contributed by atoms with Crippen molar-refractivity contribution in [2.75, 3.05) is 37.5 Å². The summed E-state index contributed by atoms with van der Waals surface area (Å²) in [6, 6.07) is 13.9. The van der Waals surface area contributed by atoms with Crippen LogP contribution in [0.2, 0.25) is 0 Å². The Morgan fingerprint density at radius 3 is 2.61 bits per heavy atom. The molecular weight excluding hydrogens is 306 g/mol. The molecule has 0 spiro atoms. The van der Waals surface area contributed by atoms with Gasteiger partial charge < -0.3 is 9.64 Å². The van der Waals surface area contributed by atoms with Crippen LogP contribution in [0.5, 0.6) is 0 Å². The largest absolute Gasteiger partial charge is 0.378 e. The maximum Gasteiger partial charge on any atom is 0.194 e. The SMILES string of the molecule is CSc1ccccc1C(=O)c1cc(C)cc(N2CCOCC2)c1. The van der Waals surface area contributed by atoms with Gasteiger partial charge in [-0.2, -0.15) is 0 Å². The van der Waals surface area contributed by atoms with Crippen molar-refractivity contribution >= 4 is 23.2 Å². The first-order valence-corrected chi connectivity index (χ1v) is 9.03. The molecule has 0 saturated carbocycles. The first-order chi connectivity index (χ1) is 11.2. The molecule has 1 heterocycles. The zero-order valence-corrected chi connectivity index (χ0v) is 14.4. The summed E-state index contributed by atoms with van der Waals surface area (Å²) in [6.07, 6.45) is 2.00. The lowest BCUT2D eigenvalue weighted by molar-refractivity contribution is 0.103. The highest BCUT2D eigenvalue weighted by Crippen LogP contribution is 2.26. The summed E-state index contributed by atoms with van der Waals surface area (Å²) in [4.78, 5) is 16.3. The molecule has 23 heavy (non-hydrogen) atoms. The third-order valence-corrected chi connectivity index (χ3v) is 4.85. The van der Waals surface area contributed by atoms with Crippen molar-refractivity contribution in [2.24, 2.45) is 0 Å². The molecule has 0 radical (unpaired) electrons. The molecule has 1 aliphatic heterocycles. The molecule has 0 unspecified atom stereocenters. The van der Waals surface area contributed by atoms with Crippen LogP contribution in [0.25, 0.3) is 0 Å². The number of carbonyl (C=O) groups excluding carboxylic acids is 1. The first-order valence-electron chi connectivity index (χ1n) is 7.81. The monoisotopic (exact) mass is 327 g/mol. The number of rotatable bonds is 4. The molecule has 1 aliphatic rings. The van der Waals surface area contributed by atoms with Crippen molar-refractivity contribution in [3.05, 3.63) is 59.2 Å². The van der Waals surface area contributed by atoms with Gasteiger partial charge in [0.1, 0.15) is 0 Å². The van der Waals surface area contributed by atoms with Crippen LogP contribution in [0.1, 0.15) is 21.5 Å². The molecular formula is C19H21NO2S. The van der Waals surface area contributed by atoms with Crippen LogP contribution in [0.15, 0.2) is 47.4 Å². The minimum Gasteiger partial charge on any atom is -0.378 e. The number of anilines is 1. The predicted molar refractivity (Wildman–Crippen MR) is 95.9 cm³/mol. The van der Waals surface area contributed by atoms with Crippen LogP contribution in [0, 0.1) is 6.92 Å². The summed E-state index contributed by atoms with van der Waals surface area (Å²) in [5, 5.41) is 0. The second kappa shape index (κ2) is 7.20. The summed E-state index contributed by atoms with van der Waals surface area (Å²) in [5.74, 6) is 0.0909. The highest BCUT2D eigenvalue weighted by atomic mass is 32.2. The molecule has 0 atom stereocenters. The number of carbonyl (C=O) groups is 1. The molecule has 2 aromatic rings. The van der Waals surface area contributed by atoms with Gasteiger partial charge in [-0.1, -0.05) is 12.1 Å². The number of hydrogen-bond donors (Lipinski definition) is 0. The zero-order chi connectivity index (χ0) is 16.2. The van der Waals surface area contributed by atoms with Crippen molar-refractivity contribution in [2.45, 2.75) is 11.8 Å². The number of hydrogen-bond acceptors (Lipinski definition) is 4. The van der Waals surface area contributed by atoms with Gasteiger partial charge in [0.2, 0.25) is 0 Å². The maximum absolute atomic E-state index is 13.0. The Balaban J connectivity index is 1.95. The van der Waals surface area contributed by atoms with E-state index in [1.165, 1.54) is 0 Å². The second-order valence-electron chi connectivity index (χ2n) is 5.69. The van der Waals surface area contributed by atoms with Crippen molar-refractivity contribution in [1.29, 1.82) is 0 Å². The van der Waals surface area contributed by atoms with Gasteiger partial charge in [-0.15, -0.1) is 11.8 Å². The molecule has 0 amide bonds. The minimum atomic E-state index is 0.0909. The fourth-order valence-corrected chi connectivity index (χ4v) is 3.48. The van der Waals surface area contributed by atoms with Gasteiger partial charge >= 0.3 is 0 Å². The number of ketones is 1. The fourth-order valence-electron chi connectivity index (χ4n) is 2.89. The van der Waals surface area contributed by atoms with Crippen LogP contribution >= 0.6 is 11.8 Å². The Bertz CT molecular complexity index is 708. The molecule has 1 fully saturated rings. The fraction of sp³-hybridized carbons (Fsp3) is 0.316. The smallest absolute Gasteiger partial charge is 0.194 e. The number of thioether (sulfide) groups is 1. The van der Waals surface area contributed by atoms with E-state index in [2.05, 4.69) is 11.0 Å². The summed E-state index contributed by atoms with van der Waals surface area (Å²) in [5.41, 5.74) is 3.75. The van der Waals surface area contributed by atoms with Crippen LogP contribution in [-0.2, 0) is 4.74 Å². The van der Waals surface area contributed by atoms with E-state index >= 15 is 0 Å². The van der Waals surface area contributed by atoms with Crippen molar-refractivity contribution in [1.82, 2.24) is 0 Å². The van der Waals surface area contributed by atoms with Crippen LogP contribution in [0.4, 0.5) is 5.69 Å². The average molecular weight is 327 g/mol. The number of ether oxygens (including phenoxy) is 1. The molecule has 0 bridgehead atoms. The molecule has 120 valence electrons. The summed E-state index contributed by atoms with van der Waals surface area (Å²) >= 11 is 1.61. The zero-order valence-electron chi connectivity index (χ0n) is 13.5. The third kappa shape index (κ3) is 3.59. The lowest BCUT2D eigenvalue weighted by Gasteiger charge is -2.29. The van der Waals surface area contributed by atoms with Gasteiger partial charge in [-0.25, -0.2) is 0 Å². The Kier molecular flexibility index (Phi) is 5.03. The van der Waals surface area contributed by atoms with Gasteiger partial charge in [-0.3, -0.25) is 4.79 Å². The third-order valence-electron chi connectivity index (χ3n) is 4.05. The van der Waals surface area contributed by atoms with Crippen molar-refractivity contribution in [3.63, 3.8) is 0 Å². The number of aryl methyl sites for hydroxylation is 1. The van der Waals surface area contributed by atoms with Gasteiger partial charge in [0.25, 0.3) is 0 Å². The molecule has 3 nitrogen and oxygen atoms in total. The highest BCUT2D eigenvalue weighted by molar-refractivity contribution is 7.98. The number of morpholine rings is 1. The van der Waals surface area contributed by atoms with E-state index in [-0.39, 0.29) is 5.78 Å². The lowest BCUT2D eigenvalue weighted by atomic mass is 10.0. The van der Waals surface area contributed by atoms with Gasteiger partial charge in [-0.05, 0) is 49.1 Å². The Hall–Kier alpha value is -1.78. The van der Waals surface area contributed by atoms with E-state index in [1.807, 2.05) is 49.6 Å². The molecule has 2 aromatic carbocycles. The molecule has 4 heteroatoms. The average Bonchev–Trinajstić information content (AvgIpc) is 2.61. The van der Waals surface area contributed by atoms with Crippen LogP contribution in [-0.4, -0.2) is 38.3 Å². The Labute approximate surface area is 141 Å². The summed E-state index contributed by atoms with van der Waals surface area (Å²) < 4.78 is 5.42. The van der Waals surface area contributed by atoms with Gasteiger partial charge in [0.05, 0.1) is 13.2 Å². The van der Waals surface area contributed by atoms with E-state index in [4.69, 9.17) is 4.74 Å². The van der Waals surface area contributed by atoms with Crippen molar-refractivity contribution < 1.29 is 9.53 Å². The maximum atomic E-state index is 13.0. The van der Waals surface area contributed by atoms with E-state index < -0.39 is 0 Å². The number of benzene rings is 2. The van der Waals surface area contributed by atoms with Crippen LogP contribution < -0.4 is 4.90 Å². The van der Waals surface area contributed by atoms with E-state index in [0.29, 0.717) is 0 Å². The standard InChI is InChI=1S/C19H21NO2S/c1-14-11-15(13-16(12-14)20-7-9-22-10-8-20)19(21)17-5-3-4-6-18(17)23-2/h3-6,11-13H,7-10H2,1-2H3. The highest BCUT2D eigenvalue weighted by Gasteiger charge is 2.17. The predicted octanol–water partition coefficient (Wildman–Crippen LogP) is 3.78. The van der Waals surface area contributed by atoms with E-state index in [1.54, 1.807) is 11.8 Å². The van der Waals surface area contributed by atoms with Crippen molar-refractivity contribution in [3.8, 4) is 0 Å². The van der Waals surface area contributed by atoms with Crippen LogP contribution in [0.3, 0.4) is 0 Å². The molecule has 3 rings (SSSR count). The minimum absolute atomic E-state index is 0.0909. The number of nitrogens with zero attached hydrogens (tertiary/aromatic N) is 1. The normalized spacial score (nSPS) is 14.8. The van der Waals surface area contributed by atoms with E-state index in [9.17, 15) is 4.79 Å². The molecule has 0 aromatic heterocycles. The topological polar surface area (TPSA) is 29.5 Å². The second-order valence-corrected chi connectivity index (χ2v) is 6.53. The quantitative estimate of drug-likeness (QED) is 0.631. The lowest BCUT2D eigenvalue weighted by Crippen LogP contribution is -2.36. The summed E-state index contributed by atoms with van der Waals surface area (Å²) in [6.45, 7) is 5.28.